The zero-order valence-electron chi connectivity index (χ0n) is 26.1. The third-order valence-corrected chi connectivity index (χ3v) is 8.27. The van der Waals surface area contributed by atoms with Crippen molar-refractivity contribution in [2.75, 3.05) is 13.6 Å². The average Bonchev–Trinajstić information content (AvgIpc) is 3.01. The number of carbonyl (C=O) groups excluding carboxylic acids is 4. The first-order chi connectivity index (χ1) is 21.1. The molecule has 0 saturated carbocycles. The summed E-state index contributed by atoms with van der Waals surface area (Å²) in [5.74, 6) is -1.18. The summed E-state index contributed by atoms with van der Waals surface area (Å²) in [6.45, 7) is 5.80. The summed E-state index contributed by atoms with van der Waals surface area (Å²) in [5.41, 5.74) is 3.04. The molecule has 10 nitrogen and oxygen atoms in total. The predicted octanol–water partition coefficient (Wildman–Crippen LogP) is 4.16. The van der Waals surface area contributed by atoms with Crippen molar-refractivity contribution in [3.8, 4) is 0 Å². The molecule has 4 atom stereocenters. The maximum absolute atomic E-state index is 13.6. The van der Waals surface area contributed by atoms with Gasteiger partial charge in [-0.15, -0.1) is 0 Å². The highest BCUT2D eigenvalue weighted by atomic mass is 35.5. The molecule has 3 rings (SSSR count). The number of benzene rings is 2. The zero-order valence-corrected chi connectivity index (χ0v) is 26.8. The Bertz CT molecular complexity index is 1270. The SMILES string of the molecule is CNC(C)C(=O)NC(C(=O)NC(CCCCNC(=O)OCc1ccccc1Cl)C(=O)NC1CCCc2ccccc21)C(C)C. The van der Waals surface area contributed by atoms with Crippen LogP contribution in [0.3, 0.4) is 0 Å². The Balaban J connectivity index is 1.60. The number of aryl methyl sites for hydroxylation is 1. The van der Waals surface area contributed by atoms with Gasteiger partial charge in [0.05, 0.1) is 12.1 Å². The Morgan fingerprint density at radius 2 is 1.66 bits per heavy atom. The van der Waals surface area contributed by atoms with Crippen molar-refractivity contribution in [3.63, 3.8) is 0 Å². The number of alkyl carbamates (subject to hydrolysis) is 1. The van der Waals surface area contributed by atoms with Crippen LogP contribution in [0.4, 0.5) is 4.79 Å². The van der Waals surface area contributed by atoms with Crippen molar-refractivity contribution in [1.82, 2.24) is 26.6 Å². The molecule has 0 saturated heterocycles. The molecule has 0 radical (unpaired) electrons. The first kappa shape index (κ1) is 34.9. The van der Waals surface area contributed by atoms with Crippen LogP contribution in [0.25, 0.3) is 0 Å². The second-order valence-corrected chi connectivity index (χ2v) is 12.0. The van der Waals surface area contributed by atoms with E-state index < -0.39 is 30.1 Å². The summed E-state index contributed by atoms with van der Waals surface area (Å²) in [4.78, 5) is 51.8. The smallest absolute Gasteiger partial charge is 0.407 e. The van der Waals surface area contributed by atoms with Gasteiger partial charge in [0.25, 0.3) is 0 Å². The Hall–Kier alpha value is -3.63. The molecule has 5 N–H and O–H groups in total. The van der Waals surface area contributed by atoms with Gasteiger partial charge in [-0.2, -0.15) is 0 Å². The minimum Gasteiger partial charge on any atom is -0.445 e. The molecule has 1 aliphatic carbocycles. The quantitative estimate of drug-likeness (QED) is 0.188. The molecule has 0 bridgehead atoms. The molecule has 0 aliphatic heterocycles. The third kappa shape index (κ3) is 10.5. The van der Waals surface area contributed by atoms with E-state index in [4.69, 9.17) is 16.3 Å². The van der Waals surface area contributed by atoms with E-state index in [1.165, 1.54) is 5.56 Å². The van der Waals surface area contributed by atoms with Gasteiger partial charge in [0.1, 0.15) is 18.7 Å². The second kappa shape index (κ2) is 17.6. The van der Waals surface area contributed by atoms with Gasteiger partial charge >= 0.3 is 6.09 Å². The van der Waals surface area contributed by atoms with Crippen molar-refractivity contribution in [2.45, 2.75) is 90.1 Å². The summed E-state index contributed by atoms with van der Waals surface area (Å²) in [6.07, 6.45) is 3.66. The zero-order chi connectivity index (χ0) is 32.1. The van der Waals surface area contributed by atoms with E-state index in [1.54, 1.807) is 32.2 Å². The highest BCUT2D eigenvalue weighted by Crippen LogP contribution is 2.29. The number of hydrogen-bond donors (Lipinski definition) is 5. The van der Waals surface area contributed by atoms with Crippen molar-refractivity contribution >= 4 is 35.4 Å². The van der Waals surface area contributed by atoms with Gasteiger partial charge in [-0.1, -0.05) is 67.9 Å². The average molecular weight is 628 g/mol. The third-order valence-electron chi connectivity index (χ3n) is 7.90. The molecule has 0 spiro atoms. The maximum Gasteiger partial charge on any atom is 0.407 e. The first-order valence-corrected chi connectivity index (χ1v) is 15.8. The fourth-order valence-corrected chi connectivity index (χ4v) is 5.31. The van der Waals surface area contributed by atoms with Crippen molar-refractivity contribution in [2.24, 2.45) is 5.92 Å². The highest BCUT2D eigenvalue weighted by molar-refractivity contribution is 6.31. The van der Waals surface area contributed by atoms with E-state index in [0.29, 0.717) is 36.4 Å². The lowest BCUT2D eigenvalue weighted by molar-refractivity contribution is -0.133. The van der Waals surface area contributed by atoms with Crippen LogP contribution in [0.2, 0.25) is 5.02 Å². The topological polar surface area (TPSA) is 138 Å². The monoisotopic (exact) mass is 627 g/mol. The normalized spacial score (nSPS) is 16.2. The number of amides is 4. The van der Waals surface area contributed by atoms with E-state index in [1.807, 2.05) is 38.1 Å². The molecule has 4 amide bonds. The number of fused-ring (bicyclic) bond motifs is 1. The minimum absolute atomic E-state index is 0.0602. The van der Waals surface area contributed by atoms with Crippen LogP contribution < -0.4 is 26.6 Å². The van der Waals surface area contributed by atoms with Gasteiger partial charge in [0, 0.05) is 17.1 Å². The van der Waals surface area contributed by atoms with Gasteiger partial charge in [-0.3, -0.25) is 14.4 Å². The van der Waals surface area contributed by atoms with E-state index in [0.717, 1.165) is 24.8 Å². The molecule has 4 unspecified atom stereocenters. The summed E-state index contributed by atoms with van der Waals surface area (Å²) >= 11 is 6.11. The number of likely N-dealkylation sites (N-methyl/N-ethyl adjacent to an activating group) is 1. The summed E-state index contributed by atoms with van der Waals surface area (Å²) in [7, 11) is 1.67. The van der Waals surface area contributed by atoms with Gasteiger partial charge in [0.2, 0.25) is 17.7 Å². The number of nitrogens with one attached hydrogen (secondary N) is 5. The lowest BCUT2D eigenvalue weighted by atomic mass is 9.87. The fraction of sp³-hybridized carbons (Fsp3) is 0.515. The molecular formula is C33H46ClN5O5. The van der Waals surface area contributed by atoms with Crippen LogP contribution in [0, 0.1) is 5.92 Å². The number of halogens is 1. The van der Waals surface area contributed by atoms with Gasteiger partial charge < -0.3 is 31.3 Å². The summed E-state index contributed by atoms with van der Waals surface area (Å²) in [5, 5.41) is 15.0. The van der Waals surface area contributed by atoms with E-state index in [2.05, 4.69) is 32.7 Å². The largest absolute Gasteiger partial charge is 0.445 e. The maximum atomic E-state index is 13.6. The lowest BCUT2D eigenvalue weighted by Crippen LogP contribution is -2.57. The Labute approximate surface area is 265 Å². The number of hydrogen-bond acceptors (Lipinski definition) is 6. The molecule has 2 aromatic rings. The predicted molar refractivity (Wildman–Crippen MR) is 171 cm³/mol. The lowest BCUT2D eigenvalue weighted by Gasteiger charge is -2.30. The number of rotatable bonds is 15. The molecule has 44 heavy (non-hydrogen) atoms. The van der Waals surface area contributed by atoms with Crippen LogP contribution in [0.5, 0.6) is 0 Å². The van der Waals surface area contributed by atoms with Crippen LogP contribution in [0.1, 0.15) is 75.6 Å². The molecule has 0 heterocycles. The summed E-state index contributed by atoms with van der Waals surface area (Å²) in [6, 6.07) is 13.0. The van der Waals surface area contributed by atoms with Crippen LogP contribution in [-0.2, 0) is 32.1 Å². The molecule has 1 aliphatic rings. The van der Waals surface area contributed by atoms with Crippen LogP contribution in [-0.4, -0.2) is 55.5 Å². The second-order valence-electron chi connectivity index (χ2n) is 11.5. The molecule has 0 fully saturated rings. The molecule has 0 aromatic heterocycles. The van der Waals surface area contributed by atoms with Crippen molar-refractivity contribution in [3.05, 3.63) is 70.2 Å². The standard InChI is InChI=1S/C33H46ClN5O5/c1-21(2)29(39-30(40)22(3)35-4)32(42)38-28(31(41)37-27-18-11-14-23-12-5-7-15-25(23)27)17-9-10-19-36-33(43)44-20-24-13-6-8-16-26(24)34/h5-8,12-13,15-16,21-22,27-29,35H,9-11,14,17-20H2,1-4H3,(H,36,43)(H,37,41)(H,38,42)(H,39,40). The van der Waals surface area contributed by atoms with E-state index in [-0.39, 0.29) is 30.4 Å². The molecular weight excluding hydrogens is 582 g/mol. The fourth-order valence-electron chi connectivity index (χ4n) is 5.12. The van der Waals surface area contributed by atoms with Gasteiger partial charge in [-0.05, 0) is 75.6 Å². The number of unbranched alkanes of at least 4 members (excludes halogenated alkanes) is 1. The molecule has 2 aromatic carbocycles. The minimum atomic E-state index is -0.816. The van der Waals surface area contributed by atoms with E-state index in [9.17, 15) is 19.2 Å². The van der Waals surface area contributed by atoms with E-state index >= 15 is 0 Å². The van der Waals surface area contributed by atoms with Crippen LogP contribution >= 0.6 is 11.6 Å². The summed E-state index contributed by atoms with van der Waals surface area (Å²) < 4.78 is 5.25. The number of carbonyl (C=O) groups is 4. The Morgan fingerprint density at radius 1 is 0.932 bits per heavy atom. The van der Waals surface area contributed by atoms with Crippen molar-refractivity contribution < 1.29 is 23.9 Å². The van der Waals surface area contributed by atoms with Crippen LogP contribution in [0.15, 0.2) is 48.5 Å². The van der Waals surface area contributed by atoms with Gasteiger partial charge in [-0.25, -0.2) is 4.79 Å². The molecule has 11 heteroatoms. The molecule has 240 valence electrons. The Morgan fingerprint density at radius 3 is 2.39 bits per heavy atom. The first-order valence-electron chi connectivity index (χ1n) is 15.4. The van der Waals surface area contributed by atoms with Gasteiger partial charge in [0.15, 0.2) is 0 Å². The Kier molecular flexibility index (Phi) is 14.0. The van der Waals surface area contributed by atoms with Crippen molar-refractivity contribution in [1.29, 1.82) is 0 Å². The highest BCUT2D eigenvalue weighted by Gasteiger charge is 2.31. The number of ether oxygens (including phenoxy) is 1.